The van der Waals surface area contributed by atoms with E-state index in [2.05, 4.69) is 4.98 Å². The molecule has 1 aromatic heterocycles. The number of rotatable bonds is 3. The SMILES string of the molecule is N#Cc1ccc(N2CCN(C(=O)Cc3cccc(C(F)(F)F)c3)CC2)nc1. The van der Waals surface area contributed by atoms with E-state index < -0.39 is 11.7 Å². The van der Waals surface area contributed by atoms with Gasteiger partial charge in [-0.05, 0) is 23.8 Å². The first-order chi connectivity index (χ1) is 12.9. The lowest BCUT2D eigenvalue weighted by atomic mass is 10.1. The highest BCUT2D eigenvalue weighted by Gasteiger charge is 2.30. The van der Waals surface area contributed by atoms with Crippen LogP contribution in [0.1, 0.15) is 16.7 Å². The summed E-state index contributed by atoms with van der Waals surface area (Å²) in [6, 6.07) is 10.3. The first kappa shape index (κ1) is 18.7. The summed E-state index contributed by atoms with van der Waals surface area (Å²) >= 11 is 0. The predicted molar refractivity (Wildman–Crippen MR) is 92.9 cm³/mol. The predicted octanol–water partition coefficient (Wildman–Crippen LogP) is 2.86. The molecule has 0 unspecified atom stereocenters. The maximum absolute atomic E-state index is 12.8. The number of halogens is 3. The van der Waals surface area contributed by atoms with Crippen molar-refractivity contribution in [1.82, 2.24) is 9.88 Å². The minimum Gasteiger partial charge on any atom is -0.353 e. The fourth-order valence-corrected chi connectivity index (χ4v) is 2.97. The maximum atomic E-state index is 12.8. The number of benzene rings is 1. The van der Waals surface area contributed by atoms with Gasteiger partial charge in [0.15, 0.2) is 0 Å². The summed E-state index contributed by atoms with van der Waals surface area (Å²) < 4.78 is 38.4. The van der Waals surface area contributed by atoms with Crippen LogP contribution in [0.5, 0.6) is 0 Å². The van der Waals surface area contributed by atoms with Crippen molar-refractivity contribution in [2.45, 2.75) is 12.6 Å². The van der Waals surface area contributed by atoms with Crippen LogP contribution in [0.4, 0.5) is 19.0 Å². The molecule has 2 aromatic rings. The quantitative estimate of drug-likeness (QED) is 0.829. The molecule has 0 atom stereocenters. The zero-order valence-corrected chi connectivity index (χ0v) is 14.4. The van der Waals surface area contributed by atoms with Crippen LogP contribution in [0.3, 0.4) is 0 Å². The maximum Gasteiger partial charge on any atom is 0.416 e. The lowest BCUT2D eigenvalue weighted by Crippen LogP contribution is -2.49. The van der Waals surface area contributed by atoms with E-state index in [1.807, 2.05) is 11.0 Å². The Balaban J connectivity index is 1.58. The van der Waals surface area contributed by atoms with Crippen molar-refractivity contribution in [1.29, 1.82) is 5.26 Å². The van der Waals surface area contributed by atoms with Crippen LogP contribution in [0.25, 0.3) is 0 Å². The van der Waals surface area contributed by atoms with E-state index in [1.54, 1.807) is 17.0 Å². The molecule has 1 aliphatic heterocycles. The molecule has 8 heteroatoms. The van der Waals surface area contributed by atoms with Gasteiger partial charge in [-0.25, -0.2) is 4.98 Å². The number of carbonyl (C=O) groups excluding carboxylic acids is 1. The van der Waals surface area contributed by atoms with Gasteiger partial charge in [-0.2, -0.15) is 18.4 Å². The number of nitrogens with zero attached hydrogens (tertiary/aromatic N) is 4. The van der Waals surface area contributed by atoms with Crippen molar-refractivity contribution in [2.75, 3.05) is 31.1 Å². The van der Waals surface area contributed by atoms with Gasteiger partial charge < -0.3 is 9.80 Å². The van der Waals surface area contributed by atoms with Crippen LogP contribution in [-0.2, 0) is 17.4 Å². The molecule has 0 saturated carbocycles. The van der Waals surface area contributed by atoms with Gasteiger partial charge in [-0.15, -0.1) is 0 Å². The number of piperazine rings is 1. The van der Waals surface area contributed by atoms with E-state index in [4.69, 9.17) is 5.26 Å². The van der Waals surface area contributed by atoms with Crippen LogP contribution in [0, 0.1) is 11.3 Å². The Labute approximate surface area is 154 Å². The van der Waals surface area contributed by atoms with E-state index in [9.17, 15) is 18.0 Å². The van der Waals surface area contributed by atoms with Crippen molar-refractivity contribution in [3.05, 3.63) is 59.3 Å². The highest BCUT2D eigenvalue weighted by atomic mass is 19.4. The Kier molecular flexibility index (Phi) is 5.31. The topological polar surface area (TPSA) is 60.2 Å². The number of hydrogen-bond donors (Lipinski definition) is 0. The Morgan fingerprint density at radius 1 is 1.15 bits per heavy atom. The van der Waals surface area contributed by atoms with Gasteiger partial charge in [0.1, 0.15) is 11.9 Å². The molecular weight excluding hydrogens is 357 g/mol. The Hall–Kier alpha value is -3.08. The van der Waals surface area contributed by atoms with Crippen LogP contribution in [-0.4, -0.2) is 42.0 Å². The highest BCUT2D eigenvalue weighted by Crippen LogP contribution is 2.29. The average Bonchev–Trinajstić information content (AvgIpc) is 2.68. The van der Waals surface area contributed by atoms with Crippen LogP contribution < -0.4 is 4.90 Å². The number of nitriles is 1. The molecular formula is C19H17F3N4O. The smallest absolute Gasteiger partial charge is 0.353 e. The van der Waals surface area contributed by atoms with Crippen LogP contribution >= 0.6 is 0 Å². The molecule has 1 aromatic carbocycles. The number of amides is 1. The van der Waals surface area contributed by atoms with E-state index in [-0.39, 0.29) is 12.3 Å². The molecule has 0 spiro atoms. The van der Waals surface area contributed by atoms with E-state index in [0.717, 1.165) is 18.0 Å². The third-order valence-corrected chi connectivity index (χ3v) is 4.44. The second kappa shape index (κ2) is 7.66. The number of carbonyl (C=O) groups is 1. The molecule has 0 aliphatic carbocycles. The van der Waals surface area contributed by atoms with E-state index >= 15 is 0 Å². The zero-order chi connectivity index (χ0) is 19.4. The van der Waals surface area contributed by atoms with Crippen molar-refractivity contribution in [3.63, 3.8) is 0 Å². The average molecular weight is 374 g/mol. The van der Waals surface area contributed by atoms with Gasteiger partial charge in [0.25, 0.3) is 0 Å². The molecule has 3 rings (SSSR count). The molecule has 1 amide bonds. The summed E-state index contributed by atoms with van der Waals surface area (Å²) in [6.45, 7) is 2.10. The summed E-state index contributed by atoms with van der Waals surface area (Å²) in [5.41, 5.74) is 0.0872. The lowest BCUT2D eigenvalue weighted by molar-refractivity contribution is -0.138. The second-order valence-corrected chi connectivity index (χ2v) is 6.26. The third-order valence-electron chi connectivity index (χ3n) is 4.44. The molecule has 1 fully saturated rings. The second-order valence-electron chi connectivity index (χ2n) is 6.26. The molecule has 1 aliphatic rings. The van der Waals surface area contributed by atoms with Gasteiger partial charge in [0, 0.05) is 32.4 Å². The van der Waals surface area contributed by atoms with Gasteiger partial charge in [-0.1, -0.05) is 18.2 Å². The summed E-state index contributed by atoms with van der Waals surface area (Å²) in [7, 11) is 0. The highest BCUT2D eigenvalue weighted by molar-refractivity contribution is 5.79. The fourth-order valence-electron chi connectivity index (χ4n) is 2.97. The number of aromatic nitrogens is 1. The van der Waals surface area contributed by atoms with Crippen molar-refractivity contribution in [2.24, 2.45) is 0 Å². The molecule has 27 heavy (non-hydrogen) atoms. The van der Waals surface area contributed by atoms with Crippen molar-refractivity contribution in [3.8, 4) is 6.07 Å². The summed E-state index contributed by atoms with van der Waals surface area (Å²) in [5.74, 6) is 0.542. The first-order valence-electron chi connectivity index (χ1n) is 8.42. The Morgan fingerprint density at radius 3 is 2.48 bits per heavy atom. The molecule has 1 saturated heterocycles. The van der Waals surface area contributed by atoms with Gasteiger partial charge in [0.05, 0.1) is 17.5 Å². The van der Waals surface area contributed by atoms with Crippen molar-refractivity contribution >= 4 is 11.7 Å². The molecule has 5 nitrogen and oxygen atoms in total. The fraction of sp³-hybridized carbons (Fsp3) is 0.316. The zero-order valence-electron chi connectivity index (χ0n) is 14.4. The third kappa shape index (κ3) is 4.56. The molecule has 0 radical (unpaired) electrons. The minimum atomic E-state index is -4.42. The van der Waals surface area contributed by atoms with E-state index in [1.165, 1.54) is 18.3 Å². The van der Waals surface area contributed by atoms with Gasteiger partial charge in [-0.3, -0.25) is 4.79 Å². The summed E-state index contributed by atoms with van der Waals surface area (Å²) in [4.78, 5) is 20.3. The molecule has 0 bridgehead atoms. The number of pyridine rings is 1. The largest absolute Gasteiger partial charge is 0.416 e. The monoisotopic (exact) mass is 374 g/mol. The summed E-state index contributed by atoms with van der Waals surface area (Å²) in [6.07, 6.45) is -2.97. The van der Waals surface area contributed by atoms with E-state index in [0.29, 0.717) is 37.3 Å². The number of hydrogen-bond acceptors (Lipinski definition) is 4. The standard InChI is InChI=1S/C19H17F3N4O/c20-19(21,22)16-3-1-2-14(10-16)11-18(27)26-8-6-25(7-9-26)17-5-4-15(12-23)13-24-17/h1-5,10,13H,6-9,11H2. The molecule has 0 N–H and O–H groups in total. The molecule has 2 heterocycles. The Morgan fingerprint density at radius 2 is 1.89 bits per heavy atom. The summed E-state index contributed by atoms with van der Waals surface area (Å²) in [5, 5.41) is 8.81. The normalized spacial score (nSPS) is 14.7. The Bertz CT molecular complexity index is 850. The first-order valence-corrected chi connectivity index (χ1v) is 8.42. The number of anilines is 1. The lowest BCUT2D eigenvalue weighted by Gasteiger charge is -2.35. The molecule has 140 valence electrons. The van der Waals surface area contributed by atoms with Gasteiger partial charge >= 0.3 is 6.18 Å². The van der Waals surface area contributed by atoms with Crippen LogP contribution in [0.15, 0.2) is 42.6 Å². The minimum absolute atomic E-state index is 0.0565. The van der Waals surface area contributed by atoms with Gasteiger partial charge in [0.2, 0.25) is 5.91 Å². The number of alkyl halides is 3. The van der Waals surface area contributed by atoms with Crippen LogP contribution in [0.2, 0.25) is 0 Å². The van der Waals surface area contributed by atoms with Crippen molar-refractivity contribution < 1.29 is 18.0 Å².